The molecule has 6 heteroatoms. The van der Waals surface area contributed by atoms with Crippen molar-refractivity contribution >= 4 is 11.7 Å². The first-order chi connectivity index (χ1) is 9.92. The predicted octanol–water partition coefficient (Wildman–Crippen LogP) is 3.83. The largest absolute Gasteiger partial charge is 0.463 e. The molecule has 0 fully saturated rings. The summed E-state index contributed by atoms with van der Waals surface area (Å²) in [5, 5.41) is 2.80. The summed E-state index contributed by atoms with van der Waals surface area (Å²) < 4.78 is 37.1. The fourth-order valence-electron chi connectivity index (χ4n) is 1.86. The second-order valence-electron chi connectivity index (χ2n) is 4.64. The van der Waals surface area contributed by atoms with Gasteiger partial charge in [0.1, 0.15) is 17.4 Å². The Morgan fingerprint density at radius 3 is 2.67 bits per heavy atom. The minimum absolute atomic E-state index is 0.0293. The number of benzene rings is 1. The van der Waals surface area contributed by atoms with E-state index in [1.807, 2.05) is 0 Å². The van der Waals surface area contributed by atoms with Crippen LogP contribution in [0.2, 0.25) is 0 Å². The first-order valence-corrected chi connectivity index (χ1v) is 6.32. The average Bonchev–Trinajstić information content (AvgIpc) is 2.93. The molecule has 0 saturated heterocycles. The summed E-state index contributed by atoms with van der Waals surface area (Å²) in [5.41, 5.74) is 0.262. The second kappa shape index (κ2) is 5.95. The highest BCUT2D eigenvalue weighted by molar-refractivity contribution is 5.86. The third-order valence-corrected chi connectivity index (χ3v) is 3.06. The quantitative estimate of drug-likeness (QED) is 0.871. The zero-order chi connectivity index (χ0) is 15.6. The maximum absolute atomic E-state index is 13.8. The Balaban J connectivity index is 2.18. The molecule has 0 saturated carbocycles. The summed E-state index contributed by atoms with van der Waals surface area (Å²) in [7, 11) is 1.25. The molecule has 21 heavy (non-hydrogen) atoms. The van der Waals surface area contributed by atoms with E-state index in [0.717, 1.165) is 12.1 Å². The number of methoxy groups -OCH3 is 1. The topological polar surface area (TPSA) is 51.5 Å². The van der Waals surface area contributed by atoms with E-state index in [2.05, 4.69) is 10.1 Å². The molecule has 0 aliphatic carbocycles. The van der Waals surface area contributed by atoms with Crippen LogP contribution in [-0.4, -0.2) is 13.1 Å². The standard InChI is InChI=1S/C15H15F2NO3/c1-8-6-11(17)12(7-10(8)16)18-9(2)13-4-5-14(21-13)15(19)20-3/h4-7,9,18H,1-3H3. The van der Waals surface area contributed by atoms with Gasteiger partial charge in [0, 0.05) is 6.07 Å². The summed E-state index contributed by atoms with van der Waals surface area (Å²) in [6.07, 6.45) is 0. The van der Waals surface area contributed by atoms with Crippen LogP contribution < -0.4 is 5.32 Å². The predicted molar refractivity (Wildman–Crippen MR) is 73.2 cm³/mol. The fourth-order valence-corrected chi connectivity index (χ4v) is 1.86. The van der Waals surface area contributed by atoms with Gasteiger partial charge in [0.05, 0.1) is 18.8 Å². The van der Waals surface area contributed by atoms with Gasteiger partial charge in [-0.3, -0.25) is 0 Å². The van der Waals surface area contributed by atoms with Gasteiger partial charge in [-0.1, -0.05) is 0 Å². The molecule has 1 heterocycles. The molecule has 4 nitrogen and oxygen atoms in total. The number of esters is 1. The molecule has 2 rings (SSSR count). The van der Waals surface area contributed by atoms with Gasteiger partial charge in [0.2, 0.25) is 5.76 Å². The van der Waals surface area contributed by atoms with Crippen LogP contribution in [-0.2, 0) is 4.74 Å². The molecule has 0 aliphatic rings. The number of nitrogens with one attached hydrogen (secondary N) is 1. The van der Waals surface area contributed by atoms with Crippen molar-refractivity contribution < 1.29 is 22.7 Å². The number of carbonyl (C=O) groups excluding carboxylic acids is 1. The molecule has 0 radical (unpaired) electrons. The Morgan fingerprint density at radius 1 is 1.29 bits per heavy atom. The minimum atomic E-state index is -0.596. The van der Waals surface area contributed by atoms with Crippen molar-refractivity contribution in [2.45, 2.75) is 19.9 Å². The van der Waals surface area contributed by atoms with E-state index in [0.29, 0.717) is 5.76 Å². The lowest BCUT2D eigenvalue weighted by molar-refractivity contribution is 0.0562. The number of anilines is 1. The van der Waals surface area contributed by atoms with Crippen LogP contribution in [0.3, 0.4) is 0 Å². The average molecular weight is 295 g/mol. The summed E-state index contributed by atoms with van der Waals surface area (Å²) in [6.45, 7) is 3.19. The van der Waals surface area contributed by atoms with Gasteiger partial charge in [0.15, 0.2) is 0 Å². The van der Waals surface area contributed by atoms with Crippen LogP contribution >= 0.6 is 0 Å². The van der Waals surface area contributed by atoms with Gasteiger partial charge < -0.3 is 14.5 Å². The molecule has 1 aromatic heterocycles. The van der Waals surface area contributed by atoms with Crippen LogP contribution in [0.25, 0.3) is 0 Å². The van der Waals surface area contributed by atoms with Gasteiger partial charge >= 0.3 is 5.97 Å². The zero-order valence-electron chi connectivity index (χ0n) is 11.9. The van der Waals surface area contributed by atoms with Crippen LogP contribution in [0, 0.1) is 18.6 Å². The summed E-state index contributed by atoms with van der Waals surface area (Å²) in [6, 6.07) is 4.80. The molecule has 1 unspecified atom stereocenters. The highest BCUT2D eigenvalue weighted by atomic mass is 19.1. The molecular formula is C15H15F2NO3. The smallest absolute Gasteiger partial charge is 0.373 e. The second-order valence-corrected chi connectivity index (χ2v) is 4.64. The van der Waals surface area contributed by atoms with E-state index >= 15 is 0 Å². The number of carbonyl (C=O) groups is 1. The molecule has 0 aliphatic heterocycles. The van der Waals surface area contributed by atoms with E-state index in [1.54, 1.807) is 13.0 Å². The van der Waals surface area contributed by atoms with E-state index in [9.17, 15) is 13.6 Å². The van der Waals surface area contributed by atoms with Crippen LogP contribution in [0.5, 0.6) is 0 Å². The molecule has 112 valence electrons. The van der Waals surface area contributed by atoms with Crippen molar-refractivity contribution in [2.24, 2.45) is 0 Å². The third-order valence-electron chi connectivity index (χ3n) is 3.06. The number of aryl methyl sites for hydroxylation is 1. The Labute approximate surface area is 120 Å². The first-order valence-electron chi connectivity index (χ1n) is 6.32. The van der Waals surface area contributed by atoms with Crippen molar-refractivity contribution in [1.29, 1.82) is 0 Å². The molecule has 1 atom stereocenters. The van der Waals surface area contributed by atoms with E-state index in [-0.39, 0.29) is 17.0 Å². The maximum Gasteiger partial charge on any atom is 0.373 e. The molecule has 2 aromatic rings. The Hall–Kier alpha value is -2.37. The Kier molecular flexibility index (Phi) is 4.26. The monoisotopic (exact) mass is 295 g/mol. The summed E-state index contributed by atoms with van der Waals surface area (Å²) >= 11 is 0. The summed E-state index contributed by atoms with van der Waals surface area (Å²) in [4.78, 5) is 11.3. The van der Waals surface area contributed by atoms with Crippen LogP contribution in [0.4, 0.5) is 14.5 Å². The van der Waals surface area contributed by atoms with Crippen LogP contribution in [0.1, 0.15) is 34.8 Å². The molecular weight excluding hydrogens is 280 g/mol. The number of hydrogen-bond acceptors (Lipinski definition) is 4. The van der Waals surface area contributed by atoms with Crippen molar-refractivity contribution in [3.8, 4) is 0 Å². The number of furan rings is 1. The van der Waals surface area contributed by atoms with Gasteiger partial charge in [-0.25, -0.2) is 13.6 Å². The van der Waals surface area contributed by atoms with E-state index < -0.39 is 23.6 Å². The third kappa shape index (κ3) is 3.21. The van der Waals surface area contributed by atoms with Crippen molar-refractivity contribution in [3.05, 3.63) is 53.0 Å². The molecule has 1 aromatic carbocycles. The lowest BCUT2D eigenvalue weighted by atomic mass is 10.1. The number of halogens is 2. The Bertz CT molecular complexity index is 667. The molecule has 0 spiro atoms. The number of rotatable bonds is 4. The number of ether oxygens (including phenoxy) is 1. The van der Waals surface area contributed by atoms with Crippen molar-refractivity contribution in [2.75, 3.05) is 12.4 Å². The van der Waals surface area contributed by atoms with Gasteiger partial charge in [0.25, 0.3) is 0 Å². The lowest BCUT2D eigenvalue weighted by Gasteiger charge is -2.14. The minimum Gasteiger partial charge on any atom is -0.463 e. The van der Waals surface area contributed by atoms with E-state index in [4.69, 9.17) is 4.42 Å². The Morgan fingerprint density at radius 2 is 2.00 bits per heavy atom. The maximum atomic E-state index is 13.8. The normalized spacial score (nSPS) is 12.0. The molecule has 1 N–H and O–H groups in total. The van der Waals surface area contributed by atoms with Crippen LogP contribution in [0.15, 0.2) is 28.7 Å². The van der Waals surface area contributed by atoms with Gasteiger partial charge in [-0.05, 0) is 37.6 Å². The van der Waals surface area contributed by atoms with Gasteiger partial charge in [-0.15, -0.1) is 0 Å². The van der Waals surface area contributed by atoms with Crippen molar-refractivity contribution in [3.63, 3.8) is 0 Å². The fraction of sp³-hybridized carbons (Fsp3) is 0.267. The molecule has 0 amide bonds. The van der Waals surface area contributed by atoms with Gasteiger partial charge in [-0.2, -0.15) is 0 Å². The lowest BCUT2D eigenvalue weighted by Crippen LogP contribution is -2.08. The first kappa shape index (κ1) is 15.0. The number of hydrogen-bond donors (Lipinski definition) is 1. The van der Waals surface area contributed by atoms with E-state index in [1.165, 1.54) is 20.1 Å². The highest BCUT2D eigenvalue weighted by Gasteiger charge is 2.17. The summed E-state index contributed by atoms with van der Waals surface area (Å²) in [5.74, 6) is -1.19. The van der Waals surface area contributed by atoms with Crippen molar-refractivity contribution in [1.82, 2.24) is 0 Å². The highest BCUT2D eigenvalue weighted by Crippen LogP contribution is 2.25. The molecule has 0 bridgehead atoms. The SMILES string of the molecule is COC(=O)c1ccc(C(C)Nc2cc(F)c(C)cc2F)o1. The zero-order valence-corrected chi connectivity index (χ0v) is 11.9.